The van der Waals surface area contributed by atoms with Crippen molar-refractivity contribution in [1.29, 1.82) is 0 Å². The zero-order chi connectivity index (χ0) is 20.2. The highest BCUT2D eigenvalue weighted by atomic mass is 32.1. The summed E-state index contributed by atoms with van der Waals surface area (Å²) >= 11 is 1.36. The second-order valence-corrected chi connectivity index (χ2v) is 7.09. The van der Waals surface area contributed by atoms with E-state index in [4.69, 9.17) is 0 Å². The number of hydrogen-bond donors (Lipinski definition) is 1. The first-order valence-electron chi connectivity index (χ1n) is 8.77. The number of amides is 1. The Morgan fingerprint density at radius 1 is 1.03 bits per heavy atom. The summed E-state index contributed by atoms with van der Waals surface area (Å²) in [7, 11) is 0. The molecule has 0 aliphatic rings. The van der Waals surface area contributed by atoms with Gasteiger partial charge in [0.05, 0.1) is 10.6 Å². The molecule has 29 heavy (non-hydrogen) atoms. The highest BCUT2D eigenvalue weighted by Crippen LogP contribution is 2.30. The summed E-state index contributed by atoms with van der Waals surface area (Å²) in [5.41, 5.74) is 2.53. The van der Waals surface area contributed by atoms with Crippen molar-refractivity contribution in [3.63, 3.8) is 0 Å². The number of carbonyl (C=O) groups is 1. The van der Waals surface area contributed by atoms with Crippen LogP contribution in [0.15, 0.2) is 78.2 Å². The van der Waals surface area contributed by atoms with E-state index < -0.39 is 4.92 Å². The van der Waals surface area contributed by atoms with Gasteiger partial charge in [0, 0.05) is 29.2 Å². The highest BCUT2D eigenvalue weighted by Gasteiger charge is 2.09. The average molecular weight is 401 g/mol. The minimum atomic E-state index is -0.462. The van der Waals surface area contributed by atoms with Crippen LogP contribution in [0.1, 0.15) is 5.56 Å². The lowest BCUT2D eigenvalue weighted by Crippen LogP contribution is -2.07. The van der Waals surface area contributed by atoms with Gasteiger partial charge in [0.15, 0.2) is 5.13 Å². The maximum absolute atomic E-state index is 12.2. The van der Waals surface area contributed by atoms with Crippen LogP contribution in [0.3, 0.4) is 0 Å². The third-order valence-corrected chi connectivity index (χ3v) is 5.09. The number of nitrogens with zero attached hydrogens (tertiary/aromatic N) is 2. The Labute approximate surface area is 170 Å². The molecule has 0 bridgehead atoms. The van der Waals surface area contributed by atoms with Gasteiger partial charge < -0.3 is 0 Å². The predicted octanol–water partition coefficient (Wildman–Crippen LogP) is 5.52. The van der Waals surface area contributed by atoms with Gasteiger partial charge >= 0.3 is 0 Å². The standard InChI is InChI=1S/C22H15N3O3S/c26-21(13-10-15-8-11-17(12-9-15)25(27)28)24-22-23-20(14-29-22)19-7-3-5-16-4-1-2-6-18(16)19/h1-14H,(H,23,24,26)/b13-10+. The van der Waals surface area contributed by atoms with E-state index in [-0.39, 0.29) is 11.6 Å². The minimum absolute atomic E-state index is 0.00959. The van der Waals surface area contributed by atoms with E-state index in [2.05, 4.69) is 28.5 Å². The summed E-state index contributed by atoms with van der Waals surface area (Å²) in [6.45, 7) is 0. The second kappa shape index (κ2) is 8.04. The van der Waals surface area contributed by atoms with Crippen LogP contribution in [0.5, 0.6) is 0 Å². The zero-order valence-corrected chi connectivity index (χ0v) is 15.9. The van der Waals surface area contributed by atoms with Crippen LogP contribution < -0.4 is 5.32 Å². The number of aromatic nitrogens is 1. The molecule has 0 radical (unpaired) electrons. The lowest BCUT2D eigenvalue weighted by atomic mass is 10.0. The second-order valence-electron chi connectivity index (χ2n) is 6.24. The number of thiazole rings is 1. The van der Waals surface area contributed by atoms with Crippen molar-refractivity contribution in [2.24, 2.45) is 0 Å². The van der Waals surface area contributed by atoms with Crippen LogP contribution in [0, 0.1) is 10.1 Å². The Kier molecular flexibility index (Phi) is 5.13. The molecule has 142 valence electrons. The molecule has 7 heteroatoms. The van der Waals surface area contributed by atoms with Crippen LogP contribution in [0.2, 0.25) is 0 Å². The summed E-state index contributed by atoms with van der Waals surface area (Å²) in [6.07, 6.45) is 2.97. The van der Waals surface area contributed by atoms with Gasteiger partial charge in [-0.1, -0.05) is 42.5 Å². The van der Waals surface area contributed by atoms with E-state index in [1.165, 1.54) is 29.5 Å². The summed E-state index contributed by atoms with van der Waals surface area (Å²) in [4.78, 5) is 26.9. The Morgan fingerprint density at radius 2 is 1.79 bits per heavy atom. The molecule has 4 rings (SSSR count). The van der Waals surface area contributed by atoms with Crippen LogP contribution >= 0.6 is 11.3 Å². The molecule has 1 amide bonds. The summed E-state index contributed by atoms with van der Waals surface area (Å²) in [5, 5.41) is 18.1. The van der Waals surface area contributed by atoms with Crippen molar-refractivity contribution in [2.45, 2.75) is 0 Å². The number of non-ortho nitro benzene ring substituents is 1. The van der Waals surface area contributed by atoms with Crippen LogP contribution in [0.4, 0.5) is 10.8 Å². The molecule has 0 unspecified atom stereocenters. The average Bonchev–Trinajstić information content (AvgIpc) is 3.20. The summed E-state index contributed by atoms with van der Waals surface area (Å²) < 4.78 is 0. The molecule has 1 aromatic heterocycles. The Bertz CT molecular complexity index is 1220. The Hall–Kier alpha value is -3.84. The molecular formula is C22H15N3O3S. The predicted molar refractivity (Wildman–Crippen MR) is 116 cm³/mol. The first-order valence-corrected chi connectivity index (χ1v) is 9.65. The fourth-order valence-corrected chi connectivity index (χ4v) is 3.64. The first-order chi connectivity index (χ1) is 14.1. The van der Waals surface area contributed by atoms with Gasteiger partial charge in [-0.3, -0.25) is 20.2 Å². The van der Waals surface area contributed by atoms with Crippen molar-refractivity contribution < 1.29 is 9.72 Å². The topological polar surface area (TPSA) is 85.1 Å². The number of nitro benzene ring substituents is 1. The Morgan fingerprint density at radius 3 is 2.59 bits per heavy atom. The fraction of sp³-hybridized carbons (Fsp3) is 0. The van der Waals surface area contributed by atoms with Gasteiger partial charge in [-0.05, 0) is 34.5 Å². The number of carbonyl (C=O) groups excluding carboxylic acids is 1. The third kappa shape index (κ3) is 4.20. The number of hydrogen-bond acceptors (Lipinski definition) is 5. The monoisotopic (exact) mass is 401 g/mol. The molecule has 0 aliphatic carbocycles. The molecule has 1 N–H and O–H groups in total. The fourth-order valence-electron chi connectivity index (χ4n) is 2.93. The van der Waals surface area contributed by atoms with E-state index >= 15 is 0 Å². The third-order valence-electron chi connectivity index (χ3n) is 4.33. The minimum Gasteiger partial charge on any atom is -0.298 e. The van der Waals surface area contributed by atoms with Crippen LogP contribution in [0.25, 0.3) is 28.1 Å². The van der Waals surface area contributed by atoms with Gasteiger partial charge in [-0.2, -0.15) is 0 Å². The van der Waals surface area contributed by atoms with E-state index in [1.54, 1.807) is 18.2 Å². The smallest absolute Gasteiger partial charge is 0.269 e. The maximum atomic E-state index is 12.2. The van der Waals surface area contributed by atoms with Crippen molar-refractivity contribution >= 4 is 44.9 Å². The lowest BCUT2D eigenvalue weighted by molar-refractivity contribution is -0.384. The maximum Gasteiger partial charge on any atom is 0.269 e. The molecule has 6 nitrogen and oxygen atoms in total. The number of benzene rings is 3. The van der Waals surface area contributed by atoms with Gasteiger partial charge in [-0.15, -0.1) is 11.3 Å². The summed E-state index contributed by atoms with van der Waals surface area (Å²) in [5.74, 6) is -0.317. The largest absolute Gasteiger partial charge is 0.298 e. The first kappa shape index (κ1) is 18.5. The van der Waals surface area contributed by atoms with Crippen LogP contribution in [-0.2, 0) is 4.79 Å². The quantitative estimate of drug-likeness (QED) is 0.271. The molecule has 0 saturated carbocycles. The molecule has 0 saturated heterocycles. The van der Waals surface area contributed by atoms with E-state index in [0.29, 0.717) is 10.7 Å². The van der Waals surface area contributed by atoms with Crippen molar-refractivity contribution in [1.82, 2.24) is 4.98 Å². The van der Waals surface area contributed by atoms with Gasteiger partial charge in [-0.25, -0.2) is 4.98 Å². The van der Waals surface area contributed by atoms with E-state index in [0.717, 1.165) is 22.0 Å². The molecular weight excluding hydrogens is 386 g/mol. The molecule has 0 fully saturated rings. The normalized spacial score (nSPS) is 11.0. The van der Waals surface area contributed by atoms with Gasteiger partial charge in [0.1, 0.15) is 0 Å². The molecule has 0 spiro atoms. The van der Waals surface area contributed by atoms with Crippen LogP contribution in [-0.4, -0.2) is 15.8 Å². The lowest BCUT2D eigenvalue weighted by Gasteiger charge is -2.03. The van der Waals surface area contributed by atoms with Crippen molar-refractivity contribution in [2.75, 3.05) is 5.32 Å². The zero-order valence-electron chi connectivity index (χ0n) is 15.1. The van der Waals surface area contributed by atoms with Crippen molar-refractivity contribution in [3.05, 3.63) is 93.9 Å². The van der Waals surface area contributed by atoms with E-state index in [1.807, 2.05) is 29.6 Å². The SMILES string of the molecule is O=C(/C=C/c1ccc([N+](=O)[O-])cc1)Nc1nc(-c2cccc3ccccc23)cs1. The molecule has 0 atom stereocenters. The Balaban J connectivity index is 1.47. The molecule has 3 aromatic carbocycles. The number of anilines is 1. The molecule has 4 aromatic rings. The number of nitrogens with one attached hydrogen (secondary N) is 1. The number of rotatable bonds is 5. The number of nitro groups is 1. The van der Waals surface area contributed by atoms with Gasteiger partial charge in [0.25, 0.3) is 5.69 Å². The molecule has 1 heterocycles. The summed E-state index contributed by atoms with van der Waals surface area (Å²) in [6, 6.07) is 20.1. The van der Waals surface area contributed by atoms with E-state index in [9.17, 15) is 14.9 Å². The number of fused-ring (bicyclic) bond motifs is 1. The van der Waals surface area contributed by atoms with Crippen molar-refractivity contribution in [3.8, 4) is 11.3 Å². The van der Waals surface area contributed by atoms with Gasteiger partial charge in [0.2, 0.25) is 5.91 Å². The highest BCUT2D eigenvalue weighted by molar-refractivity contribution is 7.14. The molecule has 0 aliphatic heterocycles.